The molecule has 1 aromatic rings. The molecule has 0 unspecified atom stereocenters. The molecular weight excluding hydrogens is 248 g/mol. The van der Waals surface area contributed by atoms with Crippen LogP contribution in [-0.4, -0.2) is 25.5 Å². The number of anilines is 1. The van der Waals surface area contributed by atoms with Gasteiger partial charge in [0, 0.05) is 31.7 Å². The Balaban J connectivity index is 1.77. The van der Waals surface area contributed by atoms with Gasteiger partial charge in [-0.15, -0.1) is 0 Å². The fraction of sp³-hybridized carbons (Fsp3) is 0.588. The molecule has 0 saturated carbocycles. The Labute approximate surface area is 122 Å². The van der Waals surface area contributed by atoms with Crippen molar-refractivity contribution in [1.29, 1.82) is 0 Å². The molecule has 0 spiro atoms. The minimum Gasteiger partial charge on any atom is -0.372 e. The Morgan fingerprint density at radius 1 is 1.15 bits per heavy atom. The number of benzene rings is 1. The van der Waals surface area contributed by atoms with Crippen molar-refractivity contribution < 1.29 is 4.79 Å². The summed E-state index contributed by atoms with van der Waals surface area (Å²) in [4.78, 5) is 13.8. The number of nitrogens with one attached hydrogen (secondary N) is 1. The van der Waals surface area contributed by atoms with Crippen LogP contribution in [0.3, 0.4) is 0 Å². The molecule has 0 aromatic heterocycles. The lowest BCUT2D eigenvalue weighted by Crippen LogP contribution is -2.29. The van der Waals surface area contributed by atoms with Crippen molar-refractivity contribution in [3.05, 3.63) is 29.8 Å². The fourth-order valence-electron chi connectivity index (χ4n) is 2.69. The van der Waals surface area contributed by atoms with E-state index in [-0.39, 0.29) is 5.91 Å². The minimum atomic E-state index is 0.164. The van der Waals surface area contributed by atoms with Crippen LogP contribution in [0.4, 0.5) is 5.69 Å². The smallest absolute Gasteiger partial charge is 0.219 e. The Kier molecular flexibility index (Phi) is 5.90. The maximum atomic E-state index is 11.4. The summed E-state index contributed by atoms with van der Waals surface area (Å²) in [6, 6.07) is 8.81. The molecule has 0 atom stereocenters. The van der Waals surface area contributed by atoms with Crippen molar-refractivity contribution in [2.75, 3.05) is 24.5 Å². The zero-order chi connectivity index (χ0) is 14.2. The Bertz CT molecular complexity index is 408. The molecule has 3 nitrogen and oxygen atoms in total. The van der Waals surface area contributed by atoms with E-state index >= 15 is 0 Å². The molecule has 1 amide bonds. The van der Waals surface area contributed by atoms with E-state index < -0.39 is 0 Å². The van der Waals surface area contributed by atoms with Crippen molar-refractivity contribution in [1.82, 2.24) is 5.32 Å². The maximum absolute atomic E-state index is 11.4. The zero-order valence-electron chi connectivity index (χ0n) is 12.5. The molecule has 0 radical (unpaired) electrons. The second-order valence-corrected chi connectivity index (χ2v) is 5.56. The van der Waals surface area contributed by atoms with Gasteiger partial charge in [0.25, 0.3) is 0 Å². The number of amides is 1. The Morgan fingerprint density at radius 2 is 1.85 bits per heavy atom. The minimum absolute atomic E-state index is 0.164. The van der Waals surface area contributed by atoms with Crippen molar-refractivity contribution in [2.24, 2.45) is 0 Å². The molecule has 1 N–H and O–H groups in total. The molecule has 1 fully saturated rings. The third kappa shape index (κ3) is 4.55. The standard InChI is InChI=1S/C17H26N2O/c1-2-6-17(20)18-12-11-15-7-9-16(10-8-15)19-13-4-3-5-14-19/h7-10H,2-6,11-14H2,1H3,(H,18,20). The van der Waals surface area contributed by atoms with Gasteiger partial charge in [-0.25, -0.2) is 0 Å². The third-order valence-corrected chi connectivity index (χ3v) is 3.87. The number of nitrogens with zero attached hydrogens (tertiary/aromatic N) is 1. The van der Waals surface area contributed by atoms with Crippen molar-refractivity contribution >= 4 is 11.6 Å². The van der Waals surface area contributed by atoms with E-state index in [1.54, 1.807) is 0 Å². The first kappa shape index (κ1) is 14.9. The second kappa shape index (κ2) is 7.93. The number of hydrogen-bond acceptors (Lipinski definition) is 2. The van der Waals surface area contributed by atoms with E-state index in [2.05, 4.69) is 34.5 Å². The summed E-state index contributed by atoms with van der Waals surface area (Å²) in [6.45, 7) is 5.14. The van der Waals surface area contributed by atoms with Gasteiger partial charge in [-0.2, -0.15) is 0 Å². The van der Waals surface area contributed by atoms with Crippen LogP contribution in [0.2, 0.25) is 0 Å². The maximum Gasteiger partial charge on any atom is 0.219 e. The van der Waals surface area contributed by atoms with Crippen LogP contribution in [-0.2, 0) is 11.2 Å². The first-order chi connectivity index (χ1) is 9.79. The van der Waals surface area contributed by atoms with E-state index in [9.17, 15) is 4.79 Å². The van der Waals surface area contributed by atoms with Crippen LogP contribution in [0.5, 0.6) is 0 Å². The highest BCUT2D eigenvalue weighted by Crippen LogP contribution is 2.20. The van der Waals surface area contributed by atoms with Gasteiger partial charge in [0.05, 0.1) is 0 Å². The SMILES string of the molecule is CCCC(=O)NCCc1ccc(N2CCCCC2)cc1. The molecule has 1 saturated heterocycles. The summed E-state index contributed by atoms with van der Waals surface area (Å²) in [7, 11) is 0. The van der Waals surface area contributed by atoms with Gasteiger partial charge in [-0.1, -0.05) is 19.1 Å². The topological polar surface area (TPSA) is 32.3 Å². The van der Waals surface area contributed by atoms with Gasteiger partial charge < -0.3 is 10.2 Å². The molecule has 3 heteroatoms. The molecular formula is C17H26N2O. The Morgan fingerprint density at radius 3 is 2.50 bits per heavy atom. The predicted molar refractivity (Wildman–Crippen MR) is 84.1 cm³/mol. The number of hydrogen-bond donors (Lipinski definition) is 1. The van der Waals surface area contributed by atoms with Crippen molar-refractivity contribution in [3.8, 4) is 0 Å². The average molecular weight is 274 g/mol. The van der Waals surface area contributed by atoms with Crippen LogP contribution in [0.25, 0.3) is 0 Å². The van der Waals surface area contributed by atoms with Gasteiger partial charge >= 0.3 is 0 Å². The molecule has 20 heavy (non-hydrogen) atoms. The molecule has 2 rings (SSSR count). The quantitative estimate of drug-likeness (QED) is 0.864. The van der Waals surface area contributed by atoms with E-state index in [0.717, 1.165) is 19.4 Å². The molecule has 110 valence electrons. The number of carbonyl (C=O) groups is 1. The molecule has 0 bridgehead atoms. The van der Waals surface area contributed by atoms with E-state index in [4.69, 9.17) is 0 Å². The Hall–Kier alpha value is -1.51. The first-order valence-corrected chi connectivity index (χ1v) is 7.90. The summed E-state index contributed by atoms with van der Waals surface area (Å²) < 4.78 is 0. The number of rotatable bonds is 6. The van der Waals surface area contributed by atoms with Crippen LogP contribution < -0.4 is 10.2 Å². The fourth-order valence-corrected chi connectivity index (χ4v) is 2.69. The van der Waals surface area contributed by atoms with E-state index in [1.807, 2.05) is 6.92 Å². The first-order valence-electron chi connectivity index (χ1n) is 7.90. The lowest BCUT2D eigenvalue weighted by atomic mass is 10.1. The van der Waals surface area contributed by atoms with Gasteiger partial charge in [0.15, 0.2) is 0 Å². The summed E-state index contributed by atoms with van der Waals surface area (Å²) in [5.74, 6) is 0.164. The van der Waals surface area contributed by atoms with Crippen LogP contribution in [0.1, 0.15) is 44.6 Å². The second-order valence-electron chi connectivity index (χ2n) is 5.56. The third-order valence-electron chi connectivity index (χ3n) is 3.87. The van der Waals surface area contributed by atoms with E-state index in [0.29, 0.717) is 6.42 Å². The van der Waals surface area contributed by atoms with Gasteiger partial charge in [0.2, 0.25) is 5.91 Å². The molecule has 1 aromatic carbocycles. The zero-order valence-corrected chi connectivity index (χ0v) is 12.5. The molecule has 1 aliphatic rings. The van der Waals surface area contributed by atoms with Gasteiger partial charge in [-0.3, -0.25) is 4.79 Å². The monoisotopic (exact) mass is 274 g/mol. The molecule has 0 aliphatic carbocycles. The molecule has 1 aliphatic heterocycles. The highest BCUT2D eigenvalue weighted by atomic mass is 16.1. The largest absolute Gasteiger partial charge is 0.372 e. The average Bonchev–Trinajstić information content (AvgIpc) is 2.49. The normalized spacial score (nSPS) is 15.2. The number of carbonyl (C=O) groups excluding carboxylic acids is 1. The predicted octanol–water partition coefficient (Wildman–Crippen LogP) is 3.14. The van der Waals surface area contributed by atoms with Crippen molar-refractivity contribution in [2.45, 2.75) is 45.4 Å². The van der Waals surface area contributed by atoms with Gasteiger partial charge in [0.1, 0.15) is 0 Å². The van der Waals surface area contributed by atoms with Crippen LogP contribution in [0, 0.1) is 0 Å². The molecule has 1 heterocycles. The van der Waals surface area contributed by atoms with Crippen LogP contribution in [0.15, 0.2) is 24.3 Å². The van der Waals surface area contributed by atoms with Crippen LogP contribution >= 0.6 is 0 Å². The highest BCUT2D eigenvalue weighted by molar-refractivity contribution is 5.75. The lowest BCUT2D eigenvalue weighted by Gasteiger charge is -2.28. The van der Waals surface area contributed by atoms with Crippen molar-refractivity contribution in [3.63, 3.8) is 0 Å². The summed E-state index contributed by atoms with van der Waals surface area (Å²) >= 11 is 0. The summed E-state index contributed by atoms with van der Waals surface area (Å²) in [5, 5.41) is 2.96. The highest BCUT2D eigenvalue weighted by Gasteiger charge is 2.10. The summed E-state index contributed by atoms with van der Waals surface area (Å²) in [5.41, 5.74) is 2.63. The summed E-state index contributed by atoms with van der Waals surface area (Å²) in [6.07, 6.45) is 6.45. The lowest BCUT2D eigenvalue weighted by molar-refractivity contribution is -0.121. The van der Waals surface area contributed by atoms with Gasteiger partial charge in [-0.05, 0) is 49.8 Å². The number of piperidine rings is 1. The van der Waals surface area contributed by atoms with E-state index in [1.165, 1.54) is 43.6 Å².